The molecule has 1 aliphatic heterocycles. The molecule has 3 N–H and O–H groups in total. The first-order valence-corrected chi connectivity index (χ1v) is 7.51. The average Bonchev–Trinajstić information content (AvgIpc) is 2.87. The fourth-order valence-electron chi connectivity index (χ4n) is 3.32. The Balaban J connectivity index is 2.32. The summed E-state index contributed by atoms with van der Waals surface area (Å²) >= 11 is 0. The molecule has 1 aromatic carbocycles. The molecule has 0 fully saturated rings. The molecule has 0 radical (unpaired) electrons. The zero-order valence-electron chi connectivity index (χ0n) is 13.1. The van der Waals surface area contributed by atoms with E-state index < -0.39 is 0 Å². The number of hydrogen-bond acceptors (Lipinski definition) is 4. The number of fused-ring (bicyclic) bond motifs is 1. The van der Waals surface area contributed by atoms with E-state index in [1.807, 2.05) is 0 Å². The molecule has 1 unspecified atom stereocenters. The number of nitrogens with zero attached hydrogens (tertiary/aromatic N) is 1. The van der Waals surface area contributed by atoms with Crippen molar-refractivity contribution in [1.82, 2.24) is 10.3 Å². The van der Waals surface area contributed by atoms with E-state index >= 15 is 0 Å². The lowest BCUT2D eigenvalue weighted by Crippen LogP contribution is -2.54. The van der Waals surface area contributed by atoms with Gasteiger partial charge in [0.2, 0.25) is 0 Å². The Morgan fingerprint density at radius 3 is 2.65 bits per heavy atom. The van der Waals surface area contributed by atoms with Crippen LogP contribution < -0.4 is 16.0 Å². The lowest BCUT2D eigenvalue weighted by Gasteiger charge is -2.43. The molecule has 0 bridgehead atoms. The van der Waals surface area contributed by atoms with Gasteiger partial charge in [-0.15, -0.1) is 0 Å². The van der Waals surface area contributed by atoms with Crippen LogP contribution in [0.15, 0.2) is 18.2 Å². The summed E-state index contributed by atoms with van der Waals surface area (Å²) in [5.41, 5.74) is 5.49. The summed E-state index contributed by atoms with van der Waals surface area (Å²) in [6.45, 7) is 11.7. The van der Waals surface area contributed by atoms with E-state index in [-0.39, 0.29) is 11.6 Å². The molecule has 1 aliphatic rings. The fourth-order valence-corrected chi connectivity index (χ4v) is 3.32. The van der Waals surface area contributed by atoms with Gasteiger partial charge in [0.1, 0.15) is 5.75 Å². The van der Waals surface area contributed by atoms with Gasteiger partial charge >= 0.3 is 0 Å². The minimum Gasteiger partial charge on any atom is -0.493 e. The van der Waals surface area contributed by atoms with Crippen LogP contribution in [-0.4, -0.2) is 30.1 Å². The van der Waals surface area contributed by atoms with Crippen LogP contribution in [0.3, 0.4) is 0 Å². The molecule has 0 saturated heterocycles. The Morgan fingerprint density at radius 2 is 2.05 bits per heavy atom. The number of nitrogens with two attached hydrogens (primary N) is 1. The van der Waals surface area contributed by atoms with Gasteiger partial charge in [-0.1, -0.05) is 26.0 Å². The van der Waals surface area contributed by atoms with Gasteiger partial charge in [0.05, 0.1) is 12.6 Å². The van der Waals surface area contributed by atoms with Crippen molar-refractivity contribution in [2.24, 2.45) is 5.84 Å². The molecule has 0 saturated carbocycles. The first-order valence-electron chi connectivity index (χ1n) is 7.51. The van der Waals surface area contributed by atoms with Gasteiger partial charge in [0.25, 0.3) is 0 Å². The summed E-state index contributed by atoms with van der Waals surface area (Å²) in [7, 11) is 0. The molecule has 0 amide bonds. The van der Waals surface area contributed by atoms with Crippen LogP contribution in [0, 0.1) is 0 Å². The van der Waals surface area contributed by atoms with Crippen LogP contribution in [0.2, 0.25) is 0 Å². The Bertz CT molecular complexity index is 455. The van der Waals surface area contributed by atoms with Gasteiger partial charge in [-0.25, -0.2) is 0 Å². The standard InChI is InChI=1S/C16H27N3O/c1-5-19(6-2)16(3,4)15(18-17)13-7-8-14-12(11-13)9-10-20-14/h7-8,11,15,18H,5-6,9-10,17H2,1-4H3. The normalized spacial score (nSPS) is 16.1. The maximum absolute atomic E-state index is 5.88. The van der Waals surface area contributed by atoms with Gasteiger partial charge < -0.3 is 4.74 Å². The summed E-state index contributed by atoms with van der Waals surface area (Å²) in [4.78, 5) is 2.43. The van der Waals surface area contributed by atoms with Crippen LogP contribution in [0.5, 0.6) is 5.75 Å². The molecule has 1 atom stereocenters. The van der Waals surface area contributed by atoms with E-state index in [0.717, 1.165) is 31.9 Å². The smallest absolute Gasteiger partial charge is 0.122 e. The first-order chi connectivity index (χ1) is 9.54. The molecular formula is C16H27N3O. The molecule has 0 aliphatic carbocycles. The summed E-state index contributed by atoms with van der Waals surface area (Å²) in [5.74, 6) is 6.89. The monoisotopic (exact) mass is 277 g/mol. The van der Waals surface area contributed by atoms with Crippen molar-refractivity contribution in [3.8, 4) is 5.75 Å². The Morgan fingerprint density at radius 1 is 1.35 bits per heavy atom. The van der Waals surface area contributed by atoms with E-state index in [2.05, 4.69) is 56.2 Å². The highest BCUT2D eigenvalue weighted by atomic mass is 16.5. The minimum absolute atomic E-state index is 0.0497. The molecule has 0 aromatic heterocycles. The second kappa shape index (κ2) is 6.12. The third kappa shape index (κ3) is 2.68. The molecule has 2 rings (SSSR count). The summed E-state index contributed by atoms with van der Waals surface area (Å²) < 4.78 is 5.58. The van der Waals surface area contributed by atoms with Crippen molar-refractivity contribution in [3.05, 3.63) is 29.3 Å². The van der Waals surface area contributed by atoms with E-state index in [4.69, 9.17) is 10.6 Å². The third-order valence-electron chi connectivity index (χ3n) is 4.50. The van der Waals surface area contributed by atoms with Crippen LogP contribution in [0.4, 0.5) is 0 Å². The highest BCUT2D eigenvalue weighted by Crippen LogP contribution is 2.34. The van der Waals surface area contributed by atoms with Crippen LogP contribution in [0.25, 0.3) is 0 Å². The van der Waals surface area contributed by atoms with Crippen molar-refractivity contribution in [2.45, 2.75) is 45.7 Å². The van der Waals surface area contributed by atoms with E-state index in [1.54, 1.807) is 0 Å². The molecule has 112 valence electrons. The topological polar surface area (TPSA) is 50.5 Å². The van der Waals surface area contributed by atoms with Gasteiger partial charge in [-0.05, 0) is 44.1 Å². The highest BCUT2D eigenvalue weighted by molar-refractivity contribution is 5.41. The molecule has 20 heavy (non-hydrogen) atoms. The number of benzene rings is 1. The number of rotatable bonds is 6. The highest BCUT2D eigenvalue weighted by Gasteiger charge is 2.35. The van der Waals surface area contributed by atoms with E-state index in [0.29, 0.717) is 0 Å². The van der Waals surface area contributed by atoms with Crippen molar-refractivity contribution >= 4 is 0 Å². The van der Waals surface area contributed by atoms with E-state index in [1.165, 1.54) is 11.1 Å². The number of nitrogens with one attached hydrogen (secondary N) is 1. The van der Waals surface area contributed by atoms with Crippen molar-refractivity contribution < 1.29 is 4.74 Å². The van der Waals surface area contributed by atoms with Crippen molar-refractivity contribution in [2.75, 3.05) is 19.7 Å². The van der Waals surface area contributed by atoms with Crippen LogP contribution >= 0.6 is 0 Å². The zero-order chi connectivity index (χ0) is 14.8. The van der Waals surface area contributed by atoms with Crippen LogP contribution in [-0.2, 0) is 6.42 Å². The van der Waals surface area contributed by atoms with Crippen molar-refractivity contribution in [1.29, 1.82) is 0 Å². The fraction of sp³-hybridized carbons (Fsp3) is 0.625. The van der Waals surface area contributed by atoms with Crippen LogP contribution in [0.1, 0.15) is 44.9 Å². The maximum atomic E-state index is 5.88. The Hall–Kier alpha value is -1.10. The molecule has 1 aromatic rings. The average molecular weight is 277 g/mol. The lowest BCUT2D eigenvalue weighted by molar-refractivity contribution is 0.0912. The predicted molar refractivity (Wildman–Crippen MR) is 82.7 cm³/mol. The summed E-state index contributed by atoms with van der Waals surface area (Å²) in [6.07, 6.45) is 0.992. The van der Waals surface area contributed by atoms with E-state index in [9.17, 15) is 0 Å². The zero-order valence-corrected chi connectivity index (χ0v) is 13.1. The number of hydrogen-bond donors (Lipinski definition) is 2. The van der Waals surface area contributed by atoms with Gasteiger partial charge in [0.15, 0.2) is 0 Å². The first kappa shape index (κ1) is 15.3. The Labute approximate surface area is 122 Å². The van der Waals surface area contributed by atoms with Gasteiger partial charge in [-0.3, -0.25) is 16.2 Å². The molecule has 4 heteroatoms. The summed E-state index contributed by atoms with van der Waals surface area (Å²) in [6, 6.07) is 6.52. The molecule has 1 heterocycles. The minimum atomic E-state index is -0.0497. The SMILES string of the molecule is CCN(CC)C(C)(C)C(NN)c1ccc2c(c1)CCO2. The second-order valence-electron chi connectivity index (χ2n) is 5.89. The largest absolute Gasteiger partial charge is 0.493 e. The van der Waals surface area contributed by atoms with Crippen molar-refractivity contribution in [3.63, 3.8) is 0 Å². The molecule has 4 nitrogen and oxygen atoms in total. The number of likely N-dealkylation sites (N-methyl/N-ethyl adjacent to an activating group) is 1. The lowest BCUT2D eigenvalue weighted by atomic mass is 9.86. The Kier molecular flexibility index (Phi) is 4.68. The quantitative estimate of drug-likeness (QED) is 0.618. The maximum Gasteiger partial charge on any atom is 0.122 e. The molecule has 0 spiro atoms. The second-order valence-corrected chi connectivity index (χ2v) is 5.89. The molecular weight excluding hydrogens is 250 g/mol. The number of hydrazine groups is 1. The predicted octanol–water partition coefficient (Wildman–Crippen LogP) is 2.25. The van der Waals surface area contributed by atoms with Gasteiger partial charge in [-0.2, -0.15) is 0 Å². The number of ether oxygens (including phenoxy) is 1. The van der Waals surface area contributed by atoms with Gasteiger partial charge in [0, 0.05) is 12.0 Å². The third-order valence-corrected chi connectivity index (χ3v) is 4.50. The summed E-state index contributed by atoms with van der Waals surface area (Å²) in [5, 5.41) is 0.